The molecule has 0 aliphatic heterocycles. The summed E-state index contributed by atoms with van der Waals surface area (Å²) in [5.41, 5.74) is 1.63. The molecule has 0 aliphatic carbocycles. The van der Waals surface area contributed by atoms with Crippen molar-refractivity contribution in [3.63, 3.8) is 0 Å². The van der Waals surface area contributed by atoms with Gasteiger partial charge in [-0.1, -0.05) is 35.3 Å². The summed E-state index contributed by atoms with van der Waals surface area (Å²) in [6.45, 7) is 0. The lowest BCUT2D eigenvalue weighted by atomic mass is 10.1. The molecular formula is C20H11Cl2NO3. The number of halogens is 2. The van der Waals surface area contributed by atoms with E-state index in [0.717, 1.165) is 0 Å². The van der Waals surface area contributed by atoms with E-state index in [0.29, 0.717) is 38.3 Å². The molecule has 3 aromatic rings. The molecular weight excluding hydrogens is 373 g/mol. The summed E-state index contributed by atoms with van der Waals surface area (Å²) in [5.74, 6) is -0.205. The maximum Gasteiger partial charge on any atom is 0.335 e. The van der Waals surface area contributed by atoms with Gasteiger partial charge in [-0.3, -0.25) is 0 Å². The van der Waals surface area contributed by atoms with E-state index in [9.17, 15) is 10.1 Å². The molecule has 0 radical (unpaired) electrons. The van der Waals surface area contributed by atoms with Gasteiger partial charge in [0.2, 0.25) is 0 Å². The summed E-state index contributed by atoms with van der Waals surface area (Å²) in [6, 6.07) is 16.8. The van der Waals surface area contributed by atoms with Gasteiger partial charge in [-0.25, -0.2) is 4.79 Å². The summed E-state index contributed by atoms with van der Waals surface area (Å²) in [7, 11) is 0. The van der Waals surface area contributed by atoms with Crippen LogP contribution >= 0.6 is 23.2 Å². The van der Waals surface area contributed by atoms with Crippen LogP contribution in [-0.4, -0.2) is 11.1 Å². The van der Waals surface area contributed by atoms with Gasteiger partial charge in [-0.15, -0.1) is 0 Å². The van der Waals surface area contributed by atoms with Gasteiger partial charge in [0, 0.05) is 10.6 Å². The highest BCUT2D eigenvalue weighted by atomic mass is 35.5. The molecule has 0 atom stereocenters. The van der Waals surface area contributed by atoms with Crippen molar-refractivity contribution < 1.29 is 14.3 Å². The van der Waals surface area contributed by atoms with Crippen LogP contribution in [0.5, 0.6) is 0 Å². The average Bonchev–Trinajstić information content (AvgIpc) is 3.08. The molecule has 2 aromatic carbocycles. The average molecular weight is 384 g/mol. The number of carboxylic acid groups (broad SMARTS) is 1. The van der Waals surface area contributed by atoms with Crippen molar-refractivity contribution in [3.05, 3.63) is 81.5 Å². The Kier molecular flexibility index (Phi) is 5.13. The second-order valence-corrected chi connectivity index (χ2v) is 6.23. The second-order valence-electron chi connectivity index (χ2n) is 5.38. The highest BCUT2D eigenvalue weighted by Gasteiger charge is 2.12. The summed E-state index contributed by atoms with van der Waals surface area (Å²) < 4.78 is 5.73. The van der Waals surface area contributed by atoms with E-state index in [1.54, 1.807) is 42.5 Å². The lowest BCUT2D eigenvalue weighted by molar-refractivity contribution is 0.0697. The summed E-state index contributed by atoms with van der Waals surface area (Å²) in [6.07, 6.45) is 1.59. The van der Waals surface area contributed by atoms with Gasteiger partial charge in [0.25, 0.3) is 0 Å². The lowest BCUT2D eigenvalue weighted by Crippen LogP contribution is -1.96. The van der Waals surface area contributed by atoms with Crippen LogP contribution in [0.15, 0.2) is 59.0 Å². The third-order valence-electron chi connectivity index (χ3n) is 3.65. The van der Waals surface area contributed by atoms with Crippen LogP contribution in [0.1, 0.15) is 21.7 Å². The number of rotatable bonds is 4. The Morgan fingerprint density at radius 3 is 2.58 bits per heavy atom. The molecule has 0 saturated carbocycles. The third-order valence-corrected chi connectivity index (χ3v) is 4.21. The van der Waals surface area contributed by atoms with Gasteiger partial charge in [0.15, 0.2) is 0 Å². The molecule has 0 unspecified atom stereocenters. The topological polar surface area (TPSA) is 74.2 Å². The molecule has 4 nitrogen and oxygen atoms in total. The number of hydrogen-bond donors (Lipinski definition) is 1. The number of aromatic carboxylic acids is 1. The number of carbonyl (C=O) groups is 1. The van der Waals surface area contributed by atoms with Crippen LogP contribution in [0.3, 0.4) is 0 Å². The number of furan rings is 1. The van der Waals surface area contributed by atoms with E-state index in [1.807, 2.05) is 0 Å². The van der Waals surface area contributed by atoms with Crippen LogP contribution in [-0.2, 0) is 0 Å². The number of benzene rings is 2. The van der Waals surface area contributed by atoms with Crippen LogP contribution < -0.4 is 0 Å². The maximum atomic E-state index is 11.1. The number of hydrogen-bond acceptors (Lipinski definition) is 3. The van der Waals surface area contributed by atoms with Gasteiger partial charge in [-0.2, -0.15) is 5.26 Å². The molecule has 1 heterocycles. The minimum atomic E-state index is -1.05. The van der Waals surface area contributed by atoms with Gasteiger partial charge >= 0.3 is 5.97 Å². The first-order chi connectivity index (χ1) is 12.5. The van der Waals surface area contributed by atoms with E-state index in [2.05, 4.69) is 6.07 Å². The highest BCUT2D eigenvalue weighted by molar-refractivity contribution is 6.33. The molecule has 3 rings (SSSR count). The monoisotopic (exact) mass is 383 g/mol. The molecule has 0 fully saturated rings. The Hall–Kier alpha value is -3.00. The smallest absolute Gasteiger partial charge is 0.335 e. The lowest BCUT2D eigenvalue weighted by Gasteiger charge is -2.03. The highest BCUT2D eigenvalue weighted by Crippen LogP contribution is 2.31. The number of nitriles is 1. The van der Waals surface area contributed by atoms with E-state index in [4.69, 9.17) is 32.7 Å². The van der Waals surface area contributed by atoms with Crippen molar-refractivity contribution in [1.29, 1.82) is 5.26 Å². The first-order valence-electron chi connectivity index (χ1n) is 7.48. The van der Waals surface area contributed by atoms with E-state index in [-0.39, 0.29) is 5.56 Å². The van der Waals surface area contributed by atoms with Crippen molar-refractivity contribution >= 4 is 40.8 Å². The Bertz CT molecular complexity index is 1060. The zero-order valence-electron chi connectivity index (χ0n) is 13.2. The largest absolute Gasteiger partial charge is 0.478 e. The Morgan fingerprint density at radius 1 is 1.08 bits per heavy atom. The molecule has 0 amide bonds. The van der Waals surface area contributed by atoms with Crippen molar-refractivity contribution in [2.75, 3.05) is 0 Å². The Balaban J connectivity index is 1.99. The molecule has 1 aromatic heterocycles. The maximum absolute atomic E-state index is 11.1. The molecule has 26 heavy (non-hydrogen) atoms. The number of nitrogens with zero attached hydrogens (tertiary/aromatic N) is 1. The molecule has 0 spiro atoms. The molecule has 1 N–H and O–H groups in total. The van der Waals surface area contributed by atoms with Crippen molar-refractivity contribution in [1.82, 2.24) is 0 Å². The predicted octanol–water partition coefficient (Wildman–Crippen LogP) is 6.02. The predicted molar refractivity (Wildman–Crippen MR) is 101 cm³/mol. The summed E-state index contributed by atoms with van der Waals surface area (Å²) >= 11 is 12.1. The number of carboxylic acids is 1. The van der Waals surface area contributed by atoms with Gasteiger partial charge in [0.1, 0.15) is 11.5 Å². The van der Waals surface area contributed by atoms with Crippen LogP contribution in [0.25, 0.3) is 23.0 Å². The van der Waals surface area contributed by atoms with Gasteiger partial charge in [-0.05, 0) is 54.1 Å². The first-order valence-corrected chi connectivity index (χ1v) is 8.24. The fourth-order valence-corrected chi connectivity index (χ4v) is 2.80. The van der Waals surface area contributed by atoms with Crippen molar-refractivity contribution in [3.8, 4) is 17.4 Å². The van der Waals surface area contributed by atoms with Gasteiger partial charge in [0.05, 0.1) is 22.2 Å². The molecule has 128 valence electrons. The SMILES string of the molecule is N#C/C(=C\c1ccc(-c2cc(C(=O)O)ccc2Cl)o1)c1cccc(Cl)c1. The molecule has 0 bridgehead atoms. The minimum Gasteiger partial charge on any atom is -0.478 e. The van der Waals surface area contributed by atoms with Crippen molar-refractivity contribution in [2.24, 2.45) is 0 Å². The van der Waals surface area contributed by atoms with Gasteiger partial charge < -0.3 is 9.52 Å². The van der Waals surface area contributed by atoms with E-state index >= 15 is 0 Å². The Morgan fingerprint density at radius 2 is 1.88 bits per heavy atom. The fourth-order valence-electron chi connectivity index (χ4n) is 2.40. The Labute approximate surface area is 159 Å². The first kappa shape index (κ1) is 17.8. The van der Waals surface area contributed by atoms with E-state index < -0.39 is 5.97 Å². The second kappa shape index (κ2) is 7.49. The van der Waals surface area contributed by atoms with Crippen LogP contribution in [0.4, 0.5) is 0 Å². The van der Waals surface area contributed by atoms with Crippen LogP contribution in [0, 0.1) is 11.3 Å². The molecule has 0 saturated heterocycles. The fraction of sp³-hybridized carbons (Fsp3) is 0. The molecule has 0 aliphatic rings. The number of allylic oxidation sites excluding steroid dienone is 1. The standard InChI is InChI=1S/C20H11Cl2NO3/c21-15-3-1-2-12(8-15)14(11-23)9-16-5-7-19(26-16)17-10-13(20(24)25)4-6-18(17)22/h1-10H,(H,24,25)/b14-9+. The quantitative estimate of drug-likeness (QED) is 0.559. The van der Waals surface area contributed by atoms with E-state index in [1.165, 1.54) is 18.2 Å². The zero-order chi connectivity index (χ0) is 18.7. The summed E-state index contributed by atoms with van der Waals surface area (Å²) in [5, 5.41) is 19.4. The van der Waals surface area contributed by atoms with Crippen molar-refractivity contribution in [2.45, 2.75) is 0 Å². The van der Waals surface area contributed by atoms with Crippen LogP contribution in [0.2, 0.25) is 10.0 Å². The zero-order valence-corrected chi connectivity index (χ0v) is 14.8. The molecule has 6 heteroatoms. The minimum absolute atomic E-state index is 0.106. The normalized spacial score (nSPS) is 11.2. The summed E-state index contributed by atoms with van der Waals surface area (Å²) in [4.78, 5) is 11.1. The third kappa shape index (κ3) is 3.80.